The van der Waals surface area contributed by atoms with Gasteiger partial charge in [0.2, 0.25) is 0 Å². The zero-order chi connectivity index (χ0) is 14.0. The maximum Gasteiger partial charge on any atom is 0.0639 e. The van der Waals surface area contributed by atoms with E-state index in [1.54, 1.807) is 0 Å². The molecular formula is C16H24ClN3. The average molecular weight is 294 g/mol. The van der Waals surface area contributed by atoms with E-state index >= 15 is 0 Å². The molecule has 20 heavy (non-hydrogen) atoms. The first-order valence-corrected chi connectivity index (χ1v) is 8.02. The minimum atomic E-state index is 0.423. The summed E-state index contributed by atoms with van der Waals surface area (Å²) in [4.78, 5) is 4.98. The molecule has 0 bridgehead atoms. The Morgan fingerprint density at radius 3 is 2.35 bits per heavy atom. The highest BCUT2D eigenvalue weighted by Crippen LogP contribution is 2.40. The van der Waals surface area contributed by atoms with Gasteiger partial charge in [0.25, 0.3) is 0 Å². The van der Waals surface area contributed by atoms with E-state index < -0.39 is 0 Å². The summed E-state index contributed by atoms with van der Waals surface area (Å²) in [6.45, 7) is 6.38. The van der Waals surface area contributed by atoms with Gasteiger partial charge in [-0.15, -0.1) is 0 Å². The van der Waals surface area contributed by atoms with Crippen molar-refractivity contribution >= 4 is 17.3 Å². The first-order chi connectivity index (χ1) is 9.72. The Morgan fingerprint density at radius 1 is 1.10 bits per heavy atom. The van der Waals surface area contributed by atoms with Crippen LogP contribution in [0.25, 0.3) is 0 Å². The van der Waals surface area contributed by atoms with Crippen molar-refractivity contribution in [3.05, 3.63) is 29.3 Å². The molecular weight excluding hydrogens is 270 g/mol. The lowest BCUT2D eigenvalue weighted by atomic mass is 9.68. The summed E-state index contributed by atoms with van der Waals surface area (Å²) in [6.07, 6.45) is 3.99. The van der Waals surface area contributed by atoms with Crippen LogP contribution in [0, 0.1) is 5.41 Å². The molecule has 1 aromatic rings. The predicted molar refractivity (Wildman–Crippen MR) is 85.4 cm³/mol. The second-order valence-corrected chi connectivity index (χ2v) is 6.68. The summed E-state index contributed by atoms with van der Waals surface area (Å²) in [5.41, 5.74) is 7.57. The van der Waals surface area contributed by atoms with Gasteiger partial charge in [-0.05, 0) is 36.9 Å². The third kappa shape index (κ3) is 2.80. The quantitative estimate of drug-likeness (QED) is 0.926. The molecule has 0 radical (unpaired) electrons. The first kappa shape index (κ1) is 14.2. The van der Waals surface area contributed by atoms with E-state index in [1.807, 2.05) is 12.1 Å². The third-order valence-electron chi connectivity index (χ3n) is 4.97. The molecule has 2 N–H and O–H groups in total. The SMILES string of the molecule is NCC1(CN2CCN(c3ccccc3Cl)CC2)CCC1. The summed E-state index contributed by atoms with van der Waals surface area (Å²) in [5, 5.41) is 0.860. The molecule has 0 spiro atoms. The number of benzene rings is 1. The van der Waals surface area contributed by atoms with Gasteiger partial charge in [-0.25, -0.2) is 0 Å². The molecule has 3 nitrogen and oxygen atoms in total. The molecule has 110 valence electrons. The van der Waals surface area contributed by atoms with Gasteiger partial charge in [-0.3, -0.25) is 4.90 Å². The lowest BCUT2D eigenvalue weighted by Crippen LogP contribution is -2.53. The van der Waals surface area contributed by atoms with Crippen molar-refractivity contribution in [3.63, 3.8) is 0 Å². The van der Waals surface area contributed by atoms with Crippen molar-refractivity contribution in [1.29, 1.82) is 0 Å². The van der Waals surface area contributed by atoms with Crippen LogP contribution in [0.1, 0.15) is 19.3 Å². The predicted octanol–water partition coefficient (Wildman–Crippen LogP) is 2.59. The number of hydrogen-bond acceptors (Lipinski definition) is 3. The smallest absolute Gasteiger partial charge is 0.0639 e. The number of halogens is 1. The molecule has 0 amide bonds. The zero-order valence-electron chi connectivity index (χ0n) is 12.0. The molecule has 1 saturated carbocycles. The van der Waals surface area contributed by atoms with Crippen LogP contribution in [0.2, 0.25) is 5.02 Å². The standard InChI is InChI=1S/C16H24ClN3/c17-14-4-1-2-5-15(14)20-10-8-19(9-11-20)13-16(12-18)6-3-7-16/h1-2,4-5H,3,6-13,18H2. The number of anilines is 1. The Hall–Kier alpha value is -0.770. The maximum atomic E-state index is 6.28. The van der Waals surface area contributed by atoms with Gasteiger partial charge in [0, 0.05) is 32.7 Å². The van der Waals surface area contributed by atoms with Crippen LogP contribution in [0.3, 0.4) is 0 Å². The number of para-hydroxylation sites is 1. The molecule has 1 heterocycles. The first-order valence-electron chi connectivity index (χ1n) is 7.64. The Bertz CT molecular complexity index is 445. The van der Waals surface area contributed by atoms with Gasteiger partial charge >= 0.3 is 0 Å². The third-order valence-corrected chi connectivity index (χ3v) is 5.29. The van der Waals surface area contributed by atoms with Gasteiger partial charge in [0.1, 0.15) is 0 Å². The van der Waals surface area contributed by atoms with Crippen molar-refractivity contribution in [3.8, 4) is 0 Å². The Labute approximate surface area is 126 Å². The molecule has 1 aromatic carbocycles. The van der Waals surface area contributed by atoms with E-state index in [0.717, 1.165) is 37.7 Å². The van der Waals surface area contributed by atoms with E-state index in [9.17, 15) is 0 Å². The van der Waals surface area contributed by atoms with Crippen LogP contribution in [0.5, 0.6) is 0 Å². The van der Waals surface area contributed by atoms with Gasteiger partial charge in [-0.1, -0.05) is 30.2 Å². The van der Waals surface area contributed by atoms with Gasteiger partial charge < -0.3 is 10.6 Å². The van der Waals surface area contributed by atoms with Crippen LogP contribution in [-0.4, -0.2) is 44.2 Å². The molecule has 0 atom stereocenters. The van der Waals surface area contributed by atoms with E-state index in [1.165, 1.54) is 31.5 Å². The van der Waals surface area contributed by atoms with Crippen LogP contribution >= 0.6 is 11.6 Å². The van der Waals surface area contributed by atoms with Crippen LogP contribution in [0.4, 0.5) is 5.69 Å². The number of nitrogens with zero attached hydrogens (tertiary/aromatic N) is 2. The number of nitrogens with two attached hydrogens (primary N) is 1. The van der Waals surface area contributed by atoms with E-state index in [4.69, 9.17) is 17.3 Å². The summed E-state index contributed by atoms with van der Waals surface area (Å²) >= 11 is 6.28. The summed E-state index contributed by atoms with van der Waals surface area (Å²) in [7, 11) is 0. The maximum absolute atomic E-state index is 6.28. The molecule has 2 fully saturated rings. The number of hydrogen-bond donors (Lipinski definition) is 1. The van der Waals surface area contributed by atoms with Gasteiger partial charge in [0.15, 0.2) is 0 Å². The summed E-state index contributed by atoms with van der Waals surface area (Å²) in [6, 6.07) is 8.14. The Balaban J connectivity index is 1.56. The minimum absolute atomic E-state index is 0.423. The fourth-order valence-corrected chi connectivity index (χ4v) is 3.69. The molecule has 0 unspecified atom stereocenters. The van der Waals surface area contributed by atoms with Crippen molar-refractivity contribution in [2.75, 3.05) is 44.2 Å². The fraction of sp³-hybridized carbons (Fsp3) is 0.625. The van der Waals surface area contributed by atoms with E-state index in [0.29, 0.717) is 5.41 Å². The van der Waals surface area contributed by atoms with Crippen molar-refractivity contribution in [2.45, 2.75) is 19.3 Å². The molecule has 1 saturated heterocycles. The lowest BCUT2D eigenvalue weighted by Gasteiger charge is -2.46. The highest BCUT2D eigenvalue weighted by molar-refractivity contribution is 6.33. The molecule has 1 aliphatic carbocycles. The zero-order valence-corrected chi connectivity index (χ0v) is 12.8. The molecule has 0 aromatic heterocycles. The monoisotopic (exact) mass is 293 g/mol. The van der Waals surface area contributed by atoms with Crippen LogP contribution < -0.4 is 10.6 Å². The van der Waals surface area contributed by atoms with Crippen LogP contribution in [0.15, 0.2) is 24.3 Å². The van der Waals surface area contributed by atoms with Gasteiger partial charge in [-0.2, -0.15) is 0 Å². The number of rotatable bonds is 4. The second kappa shape index (κ2) is 5.92. The molecule has 3 rings (SSSR count). The lowest BCUT2D eigenvalue weighted by molar-refractivity contribution is 0.0718. The second-order valence-electron chi connectivity index (χ2n) is 6.27. The van der Waals surface area contributed by atoms with E-state index in [-0.39, 0.29) is 0 Å². The minimum Gasteiger partial charge on any atom is -0.368 e. The molecule has 1 aliphatic heterocycles. The highest BCUT2D eigenvalue weighted by Gasteiger charge is 2.37. The highest BCUT2D eigenvalue weighted by atomic mass is 35.5. The van der Waals surface area contributed by atoms with Crippen LogP contribution in [-0.2, 0) is 0 Å². The van der Waals surface area contributed by atoms with E-state index in [2.05, 4.69) is 21.9 Å². The number of piperazine rings is 1. The summed E-state index contributed by atoms with van der Waals surface area (Å²) < 4.78 is 0. The Kier molecular flexibility index (Phi) is 4.20. The Morgan fingerprint density at radius 2 is 1.80 bits per heavy atom. The van der Waals surface area contributed by atoms with Crippen molar-refractivity contribution in [1.82, 2.24) is 4.90 Å². The van der Waals surface area contributed by atoms with Crippen molar-refractivity contribution in [2.24, 2.45) is 11.1 Å². The molecule has 4 heteroatoms. The topological polar surface area (TPSA) is 32.5 Å². The van der Waals surface area contributed by atoms with Crippen molar-refractivity contribution < 1.29 is 0 Å². The average Bonchev–Trinajstić information content (AvgIpc) is 2.44. The van der Waals surface area contributed by atoms with Gasteiger partial charge in [0.05, 0.1) is 10.7 Å². The molecule has 2 aliphatic rings. The normalized spacial score (nSPS) is 22.6. The fourth-order valence-electron chi connectivity index (χ4n) is 3.43. The summed E-state index contributed by atoms with van der Waals surface area (Å²) in [5.74, 6) is 0. The largest absolute Gasteiger partial charge is 0.368 e.